The van der Waals surface area contributed by atoms with Gasteiger partial charge in [0.2, 0.25) is 0 Å². The Kier molecular flexibility index (Phi) is 3.63. The molecule has 0 aliphatic carbocycles. The standard InChI is InChI=1S/C14H10BrFN2/c1-9-4-12(16)7-13(5-9)18-14-6-11(15)3-2-10(14)8-17/h2-7,18H,1H3. The normalized spacial score (nSPS) is 9.89. The summed E-state index contributed by atoms with van der Waals surface area (Å²) in [4.78, 5) is 0. The van der Waals surface area contributed by atoms with Crippen LogP contribution in [0.3, 0.4) is 0 Å². The maximum atomic E-state index is 13.3. The highest BCUT2D eigenvalue weighted by molar-refractivity contribution is 9.10. The molecule has 0 heterocycles. The van der Waals surface area contributed by atoms with Gasteiger partial charge in [-0.15, -0.1) is 0 Å². The van der Waals surface area contributed by atoms with E-state index in [9.17, 15) is 4.39 Å². The highest BCUT2D eigenvalue weighted by atomic mass is 79.9. The van der Waals surface area contributed by atoms with E-state index in [0.717, 1.165) is 10.0 Å². The topological polar surface area (TPSA) is 35.8 Å². The molecule has 1 N–H and O–H groups in total. The number of rotatable bonds is 2. The Labute approximate surface area is 113 Å². The molecule has 0 aliphatic rings. The van der Waals surface area contributed by atoms with Crippen LogP contribution in [-0.4, -0.2) is 0 Å². The average Bonchev–Trinajstić information content (AvgIpc) is 2.27. The number of nitrogens with zero attached hydrogens (tertiary/aromatic N) is 1. The summed E-state index contributed by atoms with van der Waals surface area (Å²) in [5, 5.41) is 12.1. The van der Waals surface area contributed by atoms with Crippen LogP contribution in [-0.2, 0) is 0 Å². The van der Waals surface area contributed by atoms with Gasteiger partial charge < -0.3 is 5.32 Å². The predicted octanol–water partition coefficient (Wildman–Crippen LogP) is 4.51. The Balaban J connectivity index is 2.39. The van der Waals surface area contributed by atoms with Gasteiger partial charge in [0.15, 0.2) is 0 Å². The first kappa shape index (κ1) is 12.6. The monoisotopic (exact) mass is 304 g/mol. The van der Waals surface area contributed by atoms with Crippen molar-refractivity contribution in [2.45, 2.75) is 6.92 Å². The van der Waals surface area contributed by atoms with Crippen LogP contribution >= 0.6 is 15.9 Å². The van der Waals surface area contributed by atoms with Crippen molar-refractivity contribution in [3.05, 3.63) is 57.8 Å². The SMILES string of the molecule is Cc1cc(F)cc(Nc2cc(Br)ccc2C#N)c1. The molecule has 0 saturated heterocycles. The van der Waals surface area contributed by atoms with E-state index in [1.165, 1.54) is 12.1 Å². The van der Waals surface area contributed by atoms with Crippen molar-refractivity contribution in [3.63, 3.8) is 0 Å². The van der Waals surface area contributed by atoms with Crippen molar-refractivity contribution >= 4 is 27.3 Å². The van der Waals surface area contributed by atoms with E-state index in [1.807, 2.05) is 13.0 Å². The quantitative estimate of drug-likeness (QED) is 0.886. The average molecular weight is 305 g/mol. The first-order chi connectivity index (χ1) is 8.58. The van der Waals surface area contributed by atoms with Crippen molar-refractivity contribution in [3.8, 4) is 6.07 Å². The molecule has 90 valence electrons. The minimum atomic E-state index is -0.300. The second kappa shape index (κ2) is 5.19. The van der Waals surface area contributed by atoms with Crippen LogP contribution < -0.4 is 5.32 Å². The Bertz CT molecular complexity index is 612. The summed E-state index contributed by atoms with van der Waals surface area (Å²) < 4.78 is 14.1. The first-order valence-electron chi connectivity index (χ1n) is 5.32. The van der Waals surface area contributed by atoms with Crippen molar-refractivity contribution in [2.75, 3.05) is 5.32 Å². The van der Waals surface area contributed by atoms with Crippen LogP contribution in [0.25, 0.3) is 0 Å². The van der Waals surface area contributed by atoms with Crippen molar-refractivity contribution < 1.29 is 4.39 Å². The fraction of sp³-hybridized carbons (Fsp3) is 0.0714. The van der Waals surface area contributed by atoms with Crippen LogP contribution in [0.5, 0.6) is 0 Å². The second-order valence-corrected chi connectivity index (χ2v) is 4.86. The third kappa shape index (κ3) is 2.88. The fourth-order valence-corrected chi connectivity index (χ4v) is 2.04. The molecule has 0 fully saturated rings. The van der Waals surface area contributed by atoms with Crippen molar-refractivity contribution in [2.24, 2.45) is 0 Å². The van der Waals surface area contributed by atoms with Gasteiger partial charge in [-0.2, -0.15) is 5.26 Å². The summed E-state index contributed by atoms with van der Waals surface area (Å²) in [6.07, 6.45) is 0. The lowest BCUT2D eigenvalue weighted by atomic mass is 10.1. The molecule has 18 heavy (non-hydrogen) atoms. The molecule has 0 aromatic heterocycles. The summed E-state index contributed by atoms with van der Waals surface area (Å²) in [7, 11) is 0. The van der Waals surface area contributed by atoms with Gasteiger partial charge in [0.1, 0.15) is 11.9 Å². The molecule has 2 aromatic carbocycles. The minimum Gasteiger partial charge on any atom is -0.354 e. The summed E-state index contributed by atoms with van der Waals surface area (Å²) in [5.74, 6) is -0.300. The van der Waals surface area contributed by atoms with Gasteiger partial charge in [0, 0.05) is 10.2 Å². The Hall–Kier alpha value is -1.86. The van der Waals surface area contributed by atoms with Crippen LogP contribution in [0.2, 0.25) is 0 Å². The van der Waals surface area contributed by atoms with Gasteiger partial charge >= 0.3 is 0 Å². The zero-order valence-corrected chi connectivity index (χ0v) is 11.3. The Morgan fingerprint density at radius 3 is 2.67 bits per heavy atom. The number of benzene rings is 2. The van der Waals surface area contributed by atoms with Gasteiger partial charge in [-0.3, -0.25) is 0 Å². The Morgan fingerprint density at radius 1 is 1.22 bits per heavy atom. The maximum absolute atomic E-state index is 13.3. The van der Waals surface area contributed by atoms with Gasteiger partial charge in [-0.1, -0.05) is 15.9 Å². The number of hydrogen-bond donors (Lipinski definition) is 1. The highest BCUT2D eigenvalue weighted by Gasteiger charge is 2.04. The van der Waals surface area contributed by atoms with E-state index in [1.54, 1.807) is 18.2 Å². The number of halogens is 2. The Morgan fingerprint density at radius 2 is 2.00 bits per heavy atom. The molecule has 0 radical (unpaired) electrons. The number of nitrogens with one attached hydrogen (secondary N) is 1. The third-order valence-electron chi connectivity index (χ3n) is 2.42. The summed E-state index contributed by atoms with van der Waals surface area (Å²) in [6.45, 7) is 1.82. The smallest absolute Gasteiger partial charge is 0.125 e. The lowest BCUT2D eigenvalue weighted by Gasteiger charge is -2.09. The van der Waals surface area contributed by atoms with Crippen molar-refractivity contribution in [1.29, 1.82) is 5.26 Å². The van der Waals surface area contributed by atoms with Gasteiger partial charge in [-0.25, -0.2) is 4.39 Å². The predicted molar refractivity (Wildman–Crippen MR) is 73.3 cm³/mol. The van der Waals surface area contributed by atoms with E-state index >= 15 is 0 Å². The summed E-state index contributed by atoms with van der Waals surface area (Å²) in [5.41, 5.74) is 2.62. The van der Waals surface area contributed by atoms with Crippen molar-refractivity contribution in [1.82, 2.24) is 0 Å². The number of hydrogen-bond acceptors (Lipinski definition) is 2. The molecule has 2 aromatic rings. The van der Waals surface area contributed by atoms with Crippen LogP contribution in [0.15, 0.2) is 40.9 Å². The maximum Gasteiger partial charge on any atom is 0.125 e. The van der Waals surface area contributed by atoms with Gasteiger partial charge in [-0.05, 0) is 48.9 Å². The molecule has 0 atom stereocenters. The second-order valence-electron chi connectivity index (χ2n) is 3.94. The fourth-order valence-electron chi connectivity index (χ4n) is 1.68. The number of nitriles is 1. The summed E-state index contributed by atoms with van der Waals surface area (Å²) >= 11 is 3.34. The first-order valence-corrected chi connectivity index (χ1v) is 6.11. The van der Waals surface area contributed by atoms with Crippen LogP contribution in [0.4, 0.5) is 15.8 Å². The zero-order valence-electron chi connectivity index (χ0n) is 9.67. The molecule has 0 amide bonds. The van der Waals surface area contributed by atoms with E-state index < -0.39 is 0 Å². The van der Waals surface area contributed by atoms with E-state index in [-0.39, 0.29) is 5.82 Å². The molecule has 4 heteroatoms. The molecule has 0 bridgehead atoms. The molecular weight excluding hydrogens is 295 g/mol. The highest BCUT2D eigenvalue weighted by Crippen LogP contribution is 2.25. The molecule has 0 spiro atoms. The molecular formula is C14H10BrFN2. The van der Waals surface area contributed by atoms with Crippen LogP contribution in [0.1, 0.15) is 11.1 Å². The lowest BCUT2D eigenvalue weighted by molar-refractivity contribution is 0.627. The number of aryl methyl sites for hydroxylation is 1. The van der Waals surface area contributed by atoms with Gasteiger partial charge in [0.05, 0.1) is 11.3 Å². The summed E-state index contributed by atoms with van der Waals surface area (Å²) in [6, 6.07) is 12.1. The van der Waals surface area contributed by atoms with Gasteiger partial charge in [0.25, 0.3) is 0 Å². The molecule has 0 unspecified atom stereocenters. The lowest BCUT2D eigenvalue weighted by Crippen LogP contribution is -1.95. The third-order valence-corrected chi connectivity index (χ3v) is 2.92. The number of anilines is 2. The van der Waals surface area contributed by atoms with E-state index in [2.05, 4.69) is 27.3 Å². The molecule has 0 saturated carbocycles. The largest absolute Gasteiger partial charge is 0.354 e. The molecule has 2 nitrogen and oxygen atoms in total. The molecule has 2 rings (SSSR count). The minimum absolute atomic E-state index is 0.300. The van der Waals surface area contributed by atoms with Crippen LogP contribution in [0, 0.1) is 24.1 Å². The zero-order chi connectivity index (χ0) is 13.1. The molecule has 0 aliphatic heterocycles. The van der Waals surface area contributed by atoms with E-state index in [0.29, 0.717) is 16.9 Å². The van der Waals surface area contributed by atoms with E-state index in [4.69, 9.17) is 5.26 Å².